The lowest BCUT2D eigenvalue weighted by atomic mass is 10.0. The van der Waals surface area contributed by atoms with Crippen molar-refractivity contribution in [3.8, 4) is 0 Å². The maximum atomic E-state index is 12.0. The van der Waals surface area contributed by atoms with Crippen LogP contribution in [0.5, 0.6) is 0 Å². The Morgan fingerprint density at radius 3 is 2.59 bits per heavy atom. The molecule has 2 rings (SSSR count). The van der Waals surface area contributed by atoms with E-state index < -0.39 is 0 Å². The van der Waals surface area contributed by atoms with Crippen LogP contribution in [0.3, 0.4) is 0 Å². The minimum atomic E-state index is 0.191. The summed E-state index contributed by atoms with van der Waals surface area (Å²) in [7, 11) is 0. The molecule has 1 fully saturated rings. The monoisotopic (exact) mass is 232 g/mol. The van der Waals surface area contributed by atoms with Gasteiger partial charge < -0.3 is 10.6 Å². The molecule has 1 saturated heterocycles. The summed E-state index contributed by atoms with van der Waals surface area (Å²) in [6.45, 7) is 6.81. The SMILES string of the molecule is Cc1ccc(N2C(=O)CC(CN)C2C)cc1C. The van der Waals surface area contributed by atoms with E-state index in [1.165, 1.54) is 11.1 Å². The van der Waals surface area contributed by atoms with Gasteiger partial charge in [0.1, 0.15) is 0 Å². The third-order valence-corrected chi connectivity index (χ3v) is 3.87. The van der Waals surface area contributed by atoms with E-state index in [1.807, 2.05) is 11.0 Å². The molecule has 1 aliphatic heterocycles. The average Bonchev–Trinajstić information content (AvgIpc) is 2.58. The van der Waals surface area contributed by atoms with Crippen LogP contribution >= 0.6 is 0 Å². The van der Waals surface area contributed by atoms with Crippen LogP contribution in [0.2, 0.25) is 0 Å². The second kappa shape index (κ2) is 4.49. The Balaban J connectivity index is 2.33. The fourth-order valence-corrected chi connectivity index (χ4v) is 2.47. The van der Waals surface area contributed by atoms with Gasteiger partial charge in [0.15, 0.2) is 0 Å². The minimum Gasteiger partial charge on any atom is -0.330 e. The molecular weight excluding hydrogens is 212 g/mol. The number of hydrogen-bond donors (Lipinski definition) is 1. The normalized spacial score (nSPS) is 24.5. The number of amides is 1. The van der Waals surface area contributed by atoms with Crippen molar-refractivity contribution in [2.45, 2.75) is 33.2 Å². The maximum absolute atomic E-state index is 12.0. The number of aryl methyl sites for hydroxylation is 2. The molecule has 17 heavy (non-hydrogen) atoms. The lowest BCUT2D eigenvalue weighted by Gasteiger charge is -2.25. The number of nitrogens with zero attached hydrogens (tertiary/aromatic N) is 1. The molecule has 0 bridgehead atoms. The number of carbonyl (C=O) groups is 1. The molecule has 1 amide bonds. The average molecular weight is 232 g/mol. The maximum Gasteiger partial charge on any atom is 0.227 e. The van der Waals surface area contributed by atoms with E-state index in [1.54, 1.807) is 0 Å². The van der Waals surface area contributed by atoms with E-state index in [0.29, 0.717) is 13.0 Å². The van der Waals surface area contributed by atoms with Gasteiger partial charge in [0.2, 0.25) is 5.91 Å². The number of nitrogens with two attached hydrogens (primary N) is 1. The van der Waals surface area contributed by atoms with Gasteiger partial charge in [-0.3, -0.25) is 4.79 Å². The van der Waals surface area contributed by atoms with E-state index in [2.05, 4.69) is 32.9 Å². The van der Waals surface area contributed by atoms with Gasteiger partial charge in [0, 0.05) is 24.1 Å². The summed E-state index contributed by atoms with van der Waals surface area (Å²) in [5, 5.41) is 0. The highest BCUT2D eigenvalue weighted by atomic mass is 16.2. The van der Waals surface area contributed by atoms with E-state index in [-0.39, 0.29) is 17.9 Å². The van der Waals surface area contributed by atoms with Crippen molar-refractivity contribution >= 4 is 11.6 Å². The van der Waals surface area contributed by atoms with Gasteiger partial charge in [0.25, 0.3) is 0 Å². The predicted octanol–water partition coefficient (Wildman–Crippen LogP) is 2.00. The molecule has 1 heterocycles. The highest BCUT2D eigenvalue weighted by Gasteiger charge is 2.36. The Kier molecular flexibility index (Phi) is 3.20. The van der Waals surface area contributed by atoms with Gasteiger partial charge in [-0.15, -0.1) is 0 Å². The van der Waals surface area contributed by atoms with Gasteiger partial charge in [-0.1, -0.05) is 6.07 Å². The molecule has 92 valence electrons. The zero-order valence-corrected chi connectivity index (χ0v) is 10.7. The first-order chi connectivity index (χ1) is 8.04. The molecule has 0 saturated carbocycles. The fraction of sp³-hybridized carbons (Fsp3) is 0.500. The standard InChI is InChI=1S/C14H20N2O/c1-9-4-5-13(6-10(9)2)16-11(3)12(8-15)7-14(16)17/h4-6,11-12H,7-8,15H2,1-3H3. The largest absolute Gasteiger partial charge is 0.330 e. The molecule has 2 N–H and O–H groups in total. The van der Waals surface area contributed by atoms with Crippen LogP contribution in [0.15, 0.2) is 18.2 Å². The van der Waals surface area contributed by atoms with E-state index >= 15 is 0 Å². The smallest absolute Gasteiger partial charge is 0.227 e. The van der Waals surface area contributed by atoms with Crippen molar-refractivity contribution in [1.82, 2.24) is 0 Å². The van der Waals surface area contributed by atoms with Gasteiger partial charge in [-0.2, -0.15) is 0 Å². The molecular formula is C14H20N2O. The Hall–Kier alpha value is -1.35. The van der Waals surface area contributed by atoms with E-state index in [4.69, 9.17) is 5.73 Å². The Labute approximate surface area is 103 Å². The van der Waals surface area contributed by atoms with Crippen LogP contribution in [0.1, 0.15) is 24.5 Å². The lowest BCUT2D eigenvalue weighted by molar-refractivity contribution is -0.117. The predicted molar refractivity (Wildman–Crippen MR) is 70.0 cm³/mol. The quantitative estimate of drug-likeness (QED) is 0.847. The summed E-state index contributed by atoms with van der Waals surface area (Å²) in [5.41, 5.74) is 9.18. The van der Waals surface area contributed by atoms with E-state index in [9.17, 15) is 4.79 Å². The van der Waals surface area contributed by atoms with Crippen LogP contribution in [-0.2, 0) is 4.79 Å². The third-order valence-electron chi connectivity index (χ3n) is 3.87. The minimum absolute atomic E-state index is 0.191. The number of anilines is 1. The fourth-order valence-electron chi connectivity index (χ4n) is 2.47. The Morgan fingerprint density at radius 2 is 2.06 bits per heavy atom. The molecule has 0 aromatic heterocycles. The zero-order valence-electron chi connectivity index (χ0n) is 10.7. The first-order valence-corrected chi connectivity index (χ1v) is 6.14. The molecule has 2 unspecified atom stereocenters. The second-order valence-electron chi connectivity index (χ2n) is 4.97. The van der Waals surface area contributed by atoms with E-state index in [0.717, 1.165) is 5.69 Å². The highest BCUT2D eigenvalue weighted by molar-refractivity contribution is 5.96. The van der Waals surface area contributed by atoms with Gasteiger partial charge >= 0.3 is 0 Å². The van der Waals surface area contributed by atoms with Crippen LogP contribution in [0.25, 0.3) is 0 Å². The first kappa shape index (κ1) is 12.1. The number of carbonyl (C=O) groups excluding carboxylic acids is 1. The van der Waals surface area contributed by atoms with Crippen molar-refractivity contribution < 1.29 is 4.79 Å². The number of hydrogen-bond acceptors (Lipinski definition) is 2. The molecule has 3 nitrogen and oxygen atoms in total. The molecule has 0 radical (unpaired) electrons. The van der Waals surface area contributed by atoms with Gasteiger partial charge in [-0.05, 0) is 50.6 Å². The van der Waals surface area contributed by atoms with Gasteiger partial charge in [0.05, 0.1) is 0 Å². The van der Waals surface area contributed by atoms with Crippen LogP contribution < -0.4 is 10.6 Å². The van der Waals surface area contributed by atoms with Crippen LogP contribution in [-0.4, -0.2) is 18.5 Å². The van der Waals surface area contributed by atoms with Crippen molar-refractivity contribution in [2.75, 3.05) is 11.4 Å². The second-order valence-corrected chi connectivity index (χ2v) is 4.97. The summed E-state index contributed by atoms with van der Waals surface area (Å²) >= 11 is 0. The zero-order chi connectivity index (χ0) is 12.6. The molecule has 1 aliphatic rings. The number of rotatable bonds is 2. The number of benzene rings is 1. The summed E-state index contributed by atoms with van der Waals surface area (Å²) in [5.74, 6) is 0.473. The molecule has 1 aromatic carbocycles. The van der Waals surface area contributed by atoms with Crippen LogP contribution in [0.4, 0.5) is 5.69 Å². The molecule has 0 spiro atoms. The Bertz CT molecular complexity index is 442. The van der Waals surface area contributed by atoms with Gasteiger partial charge in [-0.25, -0.2) is 0 Å². The summed E-state index contributed by atoms with van der Waals surface area (Å²) in [6.07, 6.45) is 0.574. The molecule has 0 aliphatic carbocycles. The van der Waals surface area contributed by atoms with Crippen molar-refractivity contribution in [1.29, 1.82) is 0 Å². The Morgan fingerprint density at radius 1 is 1.35 bits per heavy atom. The third kappa shape index (κ3) is 2.07. The molecule has 3 heteroatoms. The summed E-state index contributed by atoms with van der Waals surface area (Å²) in [6, 6.07) is 6.38. The molecule has 2 atom stereocenters. The lowest BCUT2D eigenvalue weighted by Crippen LogP contribution is -2.34. The van der Waals surface area contributed by atoms with Crippen molar-refractivity contribution in [2.24, 2.45) is 11.7 Å². The summed E-state index contributed by atoms with van der Waals surface area (Å²) < 4.78 is 0. The van der Waals surface area contributed by atoms with Crippen LogP contribution in [0, 0.1) is 19.8 Å². The highest BCUT2D eigenvalue weighted by Crippen LogP contribution is 2.31. The molecule has 1 aromatic rings. The van der Waals surface area contributed by atoms with Crippen molar-refractivity contribution in [3.63, 3.8) is 0 Å². The summed E-state index contributed by atoms with van der Waals surface area (Å²) in [4.78, 5) is 13.9. The first-order valence-electron chi connectivity index (χ1n) is 6.14. The van der Waals surface area contributed by atoms with Crippen molar-refractivity contribution in [3.05, 3.63) is 29.3 Å². The topological polar surface area (TPSA) is 46.3 Å².